The van der Waals surface area contributed by atoms with Crippen LogP contribution in [-0.4, -0.2) is 66.8 Å². The number of nitrogens with one attached hydrogen (secondary N) is 1. The highest BCUT2D eigenvalue weighted by Gasteiger charge is 2.48. The van der Waals surface area contributed by atoms with E-state index in [4.69, 9.17) is 16.3 Å². The number of benzene rings is 3. The van der Waals surface area contributed by atoms with Gasteiger partial charge < -0.3 is 19.9 Å². The molecule has 2 aliphatic heterocycles. The van der Waals surface area contributed by atoms with E-state index in [-0.39, 0.29) is 24.6 Å². The molecule has 10 heteroatoms. The molecule has 0 spiro atoms. The Hall–Kier alpha value is -4.21. The molecule has 1 N–H and O–H groups in total. The zero-order valence-electron chi connectivity index (χ0n) is 24.5. The van der Waals surface area contributed by atoms with E-state index in [2.05, 4.69) is 10.2 Å². The smallest absolute Gasteiger partial charge is 0.299 e. The SMILES string of the molecule is O=C1C(=O)N(CC(=O)N(Cc2ccc(Cl)cc2)C2(C(=O)Nc3ccc(N4CCOCC4)cc3)CCCCC2)c2ccccc21. The quantitative estimate of drug-likeness (QED) is 0.356. The van der Waals surface area contributed by atoms with Gasteiger partial charge in [0.05, 0.1) is 24.5 Å². The molecular weight excluding hydrogens is 580 g/mol. The van der Waals surface area contributed by atoms with Gasteiger partial charge in [-0.25, -0.2) is 0 Å². The number of carbonyl (C=O) groups is 4. The van der Waals surface area contributed by atoms with Crippen LogP contribution >= 0.6 is 11.6 Å². The van der Waals surface area contributed by atoms with Crippen molar-refractivity contribution in [1.29, 1.82) is 0 Å². The number of morpholine rings is 1. The number of Topliss-reactive ketones (excluding diaryl/α,β-unsaturated/α-hetero) is 1. The van der Waals surface area contributed by atoms with Crippen molar-refractivity contribution in [3.63, 3.8) is 0 Å². The zero-order chi connectivity index (χ0) is 30.7. The van der Waals surface area contributed by atoms with Gasteiger partial charge in [-0.2, -0.15) is 0 Å². The maximum atomic E-state index is 14.3. The molecule has 3 amide bonds. The van der Waals surface area contributed by atoms with E-state index < -0.39 is 23.1 Å². The first kappa shape index (κ1) is 29.8. The average molecular weight is 615 g/mol. The van der Waals surface area contributed by atoms with E-state index in [1.54, 1.807) is 41.3 Å². The summed E-state index contributed by atoms with van der Waals surface area (Å²) in [4.78, 5) is 59.4. The molecular formula is C34H35ClN4O5. The lowest BCUT2D eigenvalue weighted by Gasteiger charge is -2.45. The molecule has 3 aromatic carbocycles. The second-order valence-electron chi connectivity index (χ2n) is 11.5. The van der Waals surface area contributed by atoms with Crippen molar-refractivity contribution in [2.45, 2.75) is 44.2 Å². The molecule has 1 saturated carbocycles. The summed E-state index contributed by atoms with van der Waals surface area (Å²) in [5.41, 5.74) is 2.04. The van der Waals surface area contributed by atoms with Crippen LogP contribution < -0.4 is 15.1 Å². The first-order valence-electron chi connectivity index (χ1n) is 15.1. The number of nitrogens with zero attached hydrogens (tertiary/aromatic N) is 3. The van der Waals surface area contributed by atoms with E-state index in [0.29, 0.717) is 42.5 Å². The number of para-hydroxylation sites is 1. The van der Waals surface area contributed by atoms with E-state index in [1.165, 1.54) is 4.90 Å². The fraction of sp³-hybridized carbons (Fsp3) is 0.353. The number of anilines is 3. The van der Waals surface area contributed by atoms with Crippen LogP contribution in [0.4, 0.5) is 17.1 Å². The maximum absolute atomic E-state index is 14.3. The number of ketones is 1. The van der Waals surface area contributed by atoms with Crippen LogP contribution in [0.5, 0.6) is 0 Å². The Labute approximate surface area is 261 Å². The summed E-state index contributed by atoms with van der Waals surface area (Å²) in [6.07, 6.45) is 3.47. The summed E-state index contributed by atoms with van der Waals surface area (Å²) in [6.45, 7) is 2.79. The van der Waals surface area contributed by atoms with Gasteiger partial charge in [-0.3, -0.25) is 24.1 Å². The molecule has 0 unspecified atom stereocenters. The van der Waals surface area contributed by atoms with E-state index in [1.807, 2.05) is 36.4 Å². The van der Waals surface area contributed by atoms with Crippen molar-refractivity contribution in [3.05, 3.63) is 88.9 Å². The van der Waals surface area contributed by atoms with Gasteiger partial charge in [-0.15, -0.1) is 0 Å². The minimum absolute atomic E-state index is 0.150. The number of fused-ring (bicyclic) bond motifs is 1. The lowest BCUT2D eigenvalue weighted by atomic mass is 9.78. The lowest BCUT2D eigenvalue weighted by molar-refractivity contribution is -0.148. The van der Waals surface area contributed by atoms with Crippen molar-refractivity contribution in [2.24, 2.45) is 0 Å². The van der Waals surface area contributed by atoms with Gasteiger partial charge in [-0.1, -0.05) is 55.1 Å². The standard InChI is InChI=1S/C34H35ClN4O5/c35-25-10-8-24(9-11-25)22-39(30(40)23-38-29-7-3-2-6-28(29)31(41)32(38)42)34(16-4-1-5-17-34)33(43)36-26-12-14-27(15-13-26)37-18-20-44-21-19-37/h2-3,6-15H,1,4-5,16-23H2,(H,36,43). The fourth-order valence-corrected chi connectivity index (χ4v) is 6.58. The second kappa shape index (κ2) is 12.8. The summed E-state index contributed by atoms with van der Waals surface area (Å²) in [5.74, 6) is -2.04. The van der Waals surface area contributed by atoms with Crippen molar-refractivity contribution in [2.75, 3.05) is 48.0 Å². The van der Waals surface area contributed by atoms with Crippen molar-refractivity contribution >= 4 is 52.2 Å². The molecule has 3 aromatic rings. The third-order valence-corrected chi connectivity index (χ3v) is 9.10. The van der Waals surface area contributed by atoms with Crippen LogP contribution in [0.25, 0.3) is 0 Å². The third-order valence-electron chi connectivity index (χ3n) is 8.85. The number of rotatable bonds is 8. The van der Waals surface area contributed by atoms with Gasteiger partial charge in [-0.05, 0) is 66.9 Å². The number of amides is 3. The number of halogens is 1. The normalized spacial score (nSPS) is 17.8. The first-order valence-corrected chi connectivity index (χ1v) is 15.5. The van der Waals surface area contributed by atoms with E-state index in [0.717, 1.165) is 43.6 Å². The molecule has 1 aliphatic carbocycles. The summed E-state index contributed by atoms with van der Waals surface area (Å²) in [5, 5.41) is 3.67. The summed E-state index contributed by atoms with van der Waals surface area (Å²) in [7, 11) is 0. The van der Waals surface area contributed by atoms with Crippen LogP contribution in [0.15, 0.2) is 72.8 Å². The highest BCUT2D eigenvalue weighted by Crippen LogP contribution is 2.37. The van der Waals surface area contributed by atoms with Gasteiger partial charge in [0, 0.05) is 36.0 Å². The molecule has 0 atom stereocenters. The second-order valence-corrected chi connectivity index (χ2v) is 12.0. The third kappa shape index (κ3) is 5.94. The highest BCUT2D eigenvalue weighted by molar-refractivity contribution is 6.52. The van der Waals surface area contributed by atoms with E-state index in [9.17, 15) is 19.2 Å². The Balaban J connectivity index is 1.30. The van der Waals surface area contributed by atoms with Crippen molar-refractivity contribution in [3.8, 4) is 0 Å². The number of hydrogen-bond donors (Lipinski definition) is 1. The molecule has 9 nitrogen and oxygen atoms in total. The maximum Gasteiger partial charge on any atom is 0.299 e. The van der Waals surface area contributed by atoms with Crippen LogP contribution in [0, 0.1) is 0 Å². The van der Waals surface area contributed by atoms with Gasteiger partial charge in [0.1, 0.15) is 12.1 Å². The molecule has 2 heterocycles. The van der Waals surface area contributed by atoms with Gasteiger partial charge in [0.15, 0.2) is 0 Å². The largest absolute Gasteiger partial charge is 0.378 e. The first-order chi connectivity index (χ1) is 21.4. The van der Waals surface area contributed by atoms with Crippen LogP contribution in [0.3, 0.4) is 0 Å². The highest BCUT2D eigenvalue weighted by atomic mass is 35.5. The summed E-state index contributed by atoms with van der Waals surface area (Å²) < 4.78 is 5.46. The Morgan fingerprint density at radius 2 is 1.57 bits per heavy atom. The zero-order valence-corrected chi connectivity index (χ0v) is 25.2. The van der Waals surface area contributed by atoms with Gasteiger partial charge >= 0.3 is 0 Å². The average Bonchev–Trinajstić information content (AvgIpc) is 3.30. The summed E-state index contributed by atoms with van der Waals surface area (Å²) >= 11 is 6.15. The molecule has 0 bridgehead atoms. The molecule has 2 fully saturated rings. The molecule has 44 heavy (non-hydrogen) atoms. The molecule has 0 aromatic heterocycles. The van der Waals surface area contributed by atoms with Crippen molar-refractivity contribution < 1.29 is 23.9 Å². The molecule has 228 valence electrons. The Morgan fingerprint density at radius 3 is 2.27 bits per heavy atom. The fourth-order valence-electron chi connectivity index (χ4n) is 6.46. The molecule has 1 saturated heterocycles. The molecule has 3 aliphatic rings. The topological polar surface area (TPSA) is 99.3 Å². The minimum atomic E-state index is -1.15. The Morgan fingerprint density at radius 1 is 0.886 bits per heavy atom. The van der Waals surface area contributed by atoms with E-state index >= 15 is 0 Å². The predicted octanol–water partition coefficient (Wildman–Crippen LogP) is 5.08. The van der Waals surface area contributed by atoms with Crippen LogP contribution in [-0.2, 0) is 25.7 Å². The molecule has 6 rings (SSSR count). The minimum Gasteiger partial charge on any atom is -0.378 e. The molecule has 0 radical (unpaired) electrons. The number of ether oxygens (including phenoxy) is 1. The van der Waals surface area contributed by atoms with Crippen molar-refractivity contribution in [1.82, 2.24) is 4.90 Å². The monoisotopic (exact) mass is 614 g/mol. The predicted molar refractivity (Wildman–Crippen MR) is 169 cm³/mol. The Bertz CT molecular complexity index is 1550. The van der Waals surface area contributed by atoms with Gasteiger partial charge in [0.25, 0.3) is 11.7 Å². The van der Waals surface area contributed by atoms with Crippen LogP contribution in [0.1, 0.15) is 48.0 Å². The Kier molecular flexibility index (Phi) is 8.68. The van der Waals surface area contributed by atoms with Gasteiger partial charge in [0.2, 0.25) is 11.8 Å². The van der Waals surface area contributed by atoms with Crippen LogP contribution in [0.2, 0.25) is 5.02 Å². The summed E-state index contributed by atoms with van der Waals surface area (Å²) in [6, 6.07) is 21.6. The lowest BCUT2D eigenvalue weighted by Crippen LogP contribution is -2.61. The number of carbonyl (C=O) groups excluding carboxylic acids is 4. The number of hydrogen-bond acceptors (Lipinski definition) is 6.